The Hall–Kier alpha value is -1.79. The number of hydrogen-bond acceptors (Lipinski definition) is 3. The summed E-state index contributed by atoms with van der Waals surface area (Å²) in [5.41, 5.74) is 6.06. The molecule has 1 heterocycles. The molecule has 3 nitrogen and oxygen atoms in total. The van der Waals surface area contributed by atoms with E-state index >= 15 is 0 Å². The maximum absolute atomic E-state index is 14.3. The number of nitrogens with two attached hydrogens (primary N) is 1. The smallest absolute Gasteiger partial charge is 0.132 e. The highest BCUT2D eigenvalue weighted by atomic mass is 35.5. The van der Waals surface area contributed by atoms with E-state index in [1.165, 1.54) is 12.1 Å². The molecule has 0 amide bonds. The number of aliphatic hydroxyl groups excluding tert-OH is 1. The Morgan fingerprint density at radius 3 is 2.32 bits per heavy atom. The third-order valence-corrected chi connectivity index (χ3v) is 3.91. The standard InChI is InChI=1S/C18H16F2N2O.2ClH/c1-10(21)12-7-15(19)17(16(20)8-12)18(23)14-4-2-3-11-9-22-6-5-13(11)14;;/h2-10,18,23H,21H2,1H3;2*1H/t10-,18?;;/m0../s1. The molecule has 0 aliphatic carbocycles. The number of nitrogens with zero attached hydrogens (tertiary/aromatic N) is 1. The SMILES string of the molecule is C[C@H](N)c1cc(F)c(C(O)c2cccc3cnccc23)c(F)c1.Cl.Cl. The summed E-state index contributed by atoms with van der Waals surface area (Å²) in [5, 5.41) is 12.0. The maximum atomic E-state index is 14.3. The van der Waals surface area contributed by atoms with Crippen molar-refractivity contribution in [2.45, 2.75) is 19.1 Å². The van der Waals surface area contributed by atoms with Crippen LogP contribution in [0.5, 0.6) is 0 Å². The van der Waals surface area contributed by atoms with E-state index in [-0.39, 0.29) is 30.4 Å². The van der Waals surface area contributed by atoms with E-state index in [4.69, 9.17) is 5.73 Å². The Labute approximate surface area is 156 Å². The molecular weight excluding hydrogens is 369 g/mol. The predicted octanol–water partition coefficient (Wildman–Crippen LogP) is 4.46. The van der Waals surface area contributed by atoms with Gasteiger partial charge in [0.1, 0.15) is 17.7 Å². The summed E-state index contributed by atoms with van der Waals surface area (Å²) in [6, 6.07) is 8.73. The normalized spacial score (nSPS) is 12.8. The summed E-state index contributed by atoms with van der Waals surface area (Å²) in [4.78, 5) is 4.01. The van der Waals surface area contributed by atoms with Crippen LogP contribution in [0, 0.1) is 11.6 Å². The second kappa shape index (κ2) is 8.54. The van der Waals surface area contributed by atoms with Gasteiger partial charge in [0.25, 0.3) is 0 Å². The number of rotatable bonds is 3. The van der Waals surface area contributed by atoms with Crippen LogP contribution in [0.1, 0.15) is 35.8 Å². The predicted molar refractivity (Wildman–Crippen MR) is 99.3 cm³/mol. The van der Waals surface area contributed by atoms with Crippen LogP contribution in [0.15, 0.2) is 48.8 Å². The highest BCUT2D eigenvalue weighted by Crippen LogP contribution is 2.32. The molecule has 2 aromatic carbocycles. The van der Waals surface area contributed by atoms with Crippen molar-refractivity contribution in [2.75, 3.05) is 0 Å². The van der Waals surface area contributed by atoms with Crippen molar-refractivity contribution < 1.29 is 13.9 Å². The first kappa shape index (κ1) is 21.3. The second-order valence-electron chi connectivity index (χ2n) is 5.53. The van der Waals surface area contributed by atoms with Crippen LogP contribution in [-0.2, 0) is 0 Å². The minimum atomic E-state index is -1.41. The topological polar surface area (TPSA) is 59.1 Å². The summed E-state index contributed by atoms with van der Waals surface area (Å²) >= 11 is 0. The molecule has 0 aliphatic heterocycles. The van der Waals surface area contributed by atoms with Gasteiger partial charge in [-0.2, -0.15) is 0 Å². The summed E-state index contributed by atoms with van der Waals surface area (Å²) in [6.07, 6.45) is 1.80. The van der Waals surface area contributed by atoms with E-state index in [1.807, 2.05) is 6.07 Å². The van der Waals surface area contributed by atoms with Crippen molar-refractivity contribution in [3.63, 3.8) is 0 Å². The lowest BCUT2D eigenvalue weighted by molar-refractivity contribution is 0.210. The molecule has 0 radical (unpaired) electrons. The first-order chi connectivity index (χ1) is 11.0. The van der Waals surface area contributed by atoms with Crippen LogP contribution < -0.4 is 5.73 Å². The number of aliphatic hydroxyl groups is 1. The van der Waals surface area contributed by atoms with Crippen molar-refractivity contribution in [3.05, 3.63) is 77.1 Å². The van der Waals surface area contributed by atoms with Gasteiger partial charge in [-0.05, 0) is 41.6 Å². The number of halogens is 4. The largest absolute Gasteiger partial charge is 0.383 e. The molecule has 1 aromatic heterocycles. The molecule has 0 fully saturated rings. The van der Waals surface area contributed by atoms with Gasteiger partial charge in [-0.3, -0.25) is 4.98 Å². The van der Waals surface area contributed by atoms with Crippen LogP contribution >= 0.6 is 24.8 Å². The minimum absolute atomic E-state index is 0. The monoisotopic (exact) mass is 386 g/mol. The van der Waals surface area contributed by atoms with Gasteiger partial charge in [0, 0.05) is 23.8 Å². The van der Waals surface area contributed by atoms with Gasteiger partial charge >= 0.3 is 0 Å². The highest BCUT2D eigenvalue weighted by molar-refractivity contribution is 5.86. The maximum Gasteiger partial charge on any atom is 0.132 e. The summed E-state index contributed by atoms with van der Waals surface area (Å²) in [6.45, 7) is 1.64. The van der Waals surface area contributed by atoms with Crippen molar-refractivity contribution in [1.82, 2.24) is 4.98 Å². The highest BCUT2D eigenvalue weighted by Gasteiger charge is 2.22. The summed E-state index contributed by atoms with van der Waals surface area (Å²) in [5.74, 6) is -1.62. The van der Waals surface area contributed by atoms with E-state index in [1.54, 1.807) is 37.5 Å². The minimum Gasteiger partial charge on any atom is -0.383 e. The van der Waals surface area contributed by atoms with Gasteiger partial charge in [-0.15, -0.1) is 24.8 Å². The fourth-order valence-corrected chi connectivity index (χ4v) is 2.67. The van der Waals surface area contributed by atoms with E-state index in [2.05, 4.69) is 4.98 Å². The Morgan fingerprint density at radius 1 is 1.08 bits per heavy atom. The van der Waals surface area contributed by atoms with Crippen LogP contribution in [0.25, 0.3) is 10.8 Å². The van der Waals surface area contributed by atoms with Gasteiger partial charge in [-0.25, -0.2) is 8.78 Å². The molecule has 0 aliphatic rings. The third-order valence-electron chi connectivity index (χ3n) is 3.91. The van der Waals surface area contributed by atoms with E-state index in [0.717, 1.165) is 5.39 Å². The molecule has 0 spiro atoms. The van der Waals surface area contributed by atoms with Crippen molar-refractivity contribution >= 4 is 35.6 Å². The number of fused-ring (bicyclic) bond motifs is 1. The van der Waals surface area contributed by atoms with Crippen LogP contribution in [0.4, 0.5) is 8.78 Å². The molecule has 134 valence electrons. The zero-order valence-electron chi connectivity index (χ0n) is 13.3. The molecule has 1 unspecified atom stereocenters. The molecule has 2 atom stereocenters. The quantitative estimate of drug-likeness (QED) is 0.698. The molecule has 0 saturated carbocycles. The number of aromatic nitrogens is 1. The number of benzene rings is 2. The van der Waals surface area contributed by atoms with Gasteiger partial charge in [0.05, 0.1) is 5.56 Å². The van der Waals surface area contributed by atoms with Gasteiger partial charge < -0.3 is 10.8 Å². The Bertz CT molecular complexity index is 846. The van der Waals surface area contributed by atoms with Crippen LogP contribution in [0.3, 0.4) is 0 Å². The zero-order chi connectivity index (χ0) is 16.6. The molecule has 3 aromatic rings. The fourth-order valence-electron chi connectivity index (χ4n) is 2.67. The lowest BCUT2D eigenvalue weighted by Crippen LogP contribution is -2.11. The lowest BCUT2D eigenvalue weighted by Gasteiger charge is -2.17. The fraction of sp³-hybridized carbons (Fsp3) is 0.167. The Morgan fingerprint density at radius 2 is 1.72 bits per heavy atom. The first-order valence-corrected chi connectivity index (χ1v) is 7.24. The van der Waals surface area contributed by atoms with Crippen molar-refractivity contribution in [2.24, 2.45) is 5.73 Å². The third kappa shape index (κ3) is 4.07. The molecule has 3 N–H and O–H groups in total. The van der Waals surface area contributed by atoms with E-state index in [0.29, 0.717) is 16.5 Å². The molecular formula is C18H18Cl2F2N2O. The van der Waals surface area contributed by atoms with Crippen molar-refractivity contribution in [3.8, 4) is 0 Å². The molecule has 25 heavy (non-hydrogen) atoms. The number of pyridine rings is 1. The summed E-state index contributed by atoms with van der Waals surface area (Å²) < 4.78 is 28.7. The first-order valence-electron chi connectivity index (χ1n) is 7.24. The Kier molecular flexibility index (Phi) is 7.26. The Balaban J connectivity index is 0.00000156. The molecule has 0 saturated heterocycles. The van der Waals surface area contributed by atoms with Gasteiger partial charge in [-0.1, -0.05) is 18.2 Å². The molecule has 7 heteroatoms. The molecule has 3 rings (SSSR count). The van der Waals surface area contributed by atoms with E-state index < -0.39 is 23.8 Å². The van der Waals surface area contributed by atoms with Crippen LogP contribution in [0.2, 0.25) is 0 Å². The average Bonchev–Trinajstić information content (AvgIpc) is 2.53. The lowest BCUT2D eigenvalue weighted by atomic mass is 9.94. The van der Waals surface area contributed by atoms with Crippen molar-refractivity contribution in [1.29, 1.82) is 0 Å². The average molecular weight is 387 g/mol. The molecule has 0 bridgehead atoms. The summed E-state index contributed by atoms with van der Waals surface area (Å²) in [7, 11) is 0. The number of hydrogen-bond donors (Lipinski definition) is 2. The van der Waals surface area contributed by atoms with Gasteiger partial charge in [0.2, 0.25) is 0 Å². The van der Waals surface area contributed by atoms with Gasteiger partial charge in [0.15, 0.2) is 0 Å². The van der Waals surface area contributed by atoms with Crippen LogP contribution in [-0.4, -0.2) is 10.1 Å². The van der Waals surface area contributed by atoms with E-state index in [9.17, 15) is 13.9 Å². The second-order valence-corrected chi connectivity index (χ2v) is 5.53. The zero-order valence-corrected chi connectivity index (χ0v) is 15.0.